The van der Waals surface area contributed by atoms with Crippen molar-refractivity contribution in [2.75, 3.05) is 18.9 Å². The number of amidine groups is 1. The second-order valence-electron chi connectivity index (χ2n) is 10.5. The molecule has 0 radical (unpaired) electrons. The van der Waals surface area contributed by atoms with Gasteiger partial charge < -0.3 is 32.3 Å². The summed E-state index contributed by atoms with van der Waals surface area (Å²) in [6.45, 7) is 31.3. The molecule has 2 aromatic carbocycles. The average molecular weight is 692 g/mol. The maximum Gasteiger partial charge on any atom is 0.150 e. The van der Waals surface area contributed by atoms with Gasteiger partial charge in [-0.3, -0.25) is 9.79 Å². The van der Waals surface area contributed by atoms with Gasteiger partial charge in [0.15, 0.2) is 0 Å². The van der Waals surface area contributed by atoms with Crippen LogP contribution in [0.25, 0.3) is 0 Å². The first-order valence-electron chi connectivity index (χ1n) is 16.4. The van der Waals surface area contributed by atoms with Crippen LogP contribution in [0.2, 0.25) is 0 Å². The highest BCUT2D eigenvalue weighted by Crippen LogP contribution is 2.35. The molecule has 270 valence electrons. The maximum atomic E-state index is 14.6. The van der Waals surface area contributed by atoms with E-state index in [1.165, 1.54) is 6.07 Å². The van der Waals surface area contributed by atoms with Crippen LogP contribution in [0.4, 0.5) is 10.1 Å². The summed E-state index contributed by atoms with van der Waals surface area (Å²) in [4.78, 5) is 17.3. The number of anilines is 1. The molecule has 0 fully saturated rings. The molecule has 1 unspecified atom stereocenters. The number of allylic oxidation sites excluding steroid dienone is 3. The van der Waals surface area contributed by atoms with E-state index in [2.05, 4.69) is 72.6 Å². The molecule has 51 heavy (non-hydrogen) atoms. The van der Waals surface area contributed by atoms with E-state index in [9.17, 15) is 9.18 Å². The number of carbonyl (C=O) groups is 1. The lowest BCUT2D eigenvalue weighted by molar-refractivity contribution is 0.112. The third-order valence-corrected chi connectivity index (χ3v) is 7.26. The number of benzene rings is 2. The normalized spacial score (nSPS) is 12.4. The lowest BCUT2D eigenvalue weighted by Gasteiger charge is -2.27. The van der Waals surface area contributed by atoms with Gasteiger partial charge in [-0.2, -0.15) is 0 Å². The van der Waals surface area contributed by atoms with Gasteiger partial charge in [-0.1, -0.05) is 96.8 Å². The Hall–Kier alpha value is -6.03. The van der Waals surface area contributed by atoms with Gasteiger partial charge in [0.2, 0.25) is 0 Å². The lowest BCUT2D eigenvalue weighted by Crippen LogP contribution is -2.30. The molecule has 0 spiro atoms. The Balaban J connectivity index is 0.00000395. The summed E-state index contributed by atoms with van der Waals surface area (Å²) in [5.74, 6) is 2.69. The number of aliphatic imine (C=N–C) groups is 1. The van der Waals surface area contributed by atoms with Crippen LogP contribution in [0, 0.1) is 31.0 Å². The molecule has 0 aromatic heterocycles. The van der Waals surface area contributed by atoms with E-state index < -0.39 is 11.9 Å². The standard InChI is InChI=1S/C36H40FN7O.2C2H6.C2H2/c1-9-31(38)20-42-27(7)44(8)34(16-22(2)25(5)40-18-28-10-12-29(21-45)13-11-28)26(6)41-19-30-14-15-32(37)33(17-30)43-36-24(4)23(3)35(36)39;3*1-2/h1,10-17,21,31,40-41,43H,2-6,18-20,38-39H2,7-8H3;2*1-2H3;1-2H/b34-16-,42-27?;;;. The molecule has 0 aliphatic heterocycles. The molecule has 0 saturated heterocycles. The summed E-state index contributed by atoms with van der Waals surface area (Å²) in [7, 11) is 1.84. The Labute approximate surface area is 305 Å². The summed E-state index contributed by atoms with van der Waals surface area (Å²) >= 11 is 0. The smallest absolute Gasteiger partial charge is 0.150 e. The zero-order valence-electron chi connectivity index (χ0n) is 31.0. The number of carbonyl (C=O) groups excluding carboxylic acids is 1. The first-order chi connectivity index (χ1) is 24.4. The predicted molar refractivity (Wildman–Crippen MR) is 216 cm³/mol. The number of halogens is 1. The number of rotatable bonds is 15. The summed E-state index contributed by atoms with van der Waals surface area (Å²) in [5.41, 5.74) is 19.2. The van der Waals surface area contributed by atoms with Gasteiger partial charge >= 0.3 is 0 Å². The van der Waals surface area contributed by atoms with E-state index in [1.807, 2.05) is 64.8 Å². The number of hydrogen-bond donors (Lipinski definition) is 5. The highest BCUT2D eigenvalue weighted by Gasteiger charge is 2.24. The van der Waals surface area contributed by atoms with Crippen LogP contribution in [0.3, 0.4) is 0 Å². The van der Waals surface area contributed by atoms with Crippen LogP contribution in [-0.4, -0.2) is 36.7 Å². The molecule has 0 bridgehead atoms. The summed E-state index contributed by atoms with van der Waals surface area (Å²) in [6, 6.07) is 11.5. The van der Waals surface area contributed by atoms with Gasteiger partial charge in [-0.15, -0.1) is 19.3 Å². The summed E-state index contributed by atoms with van der Waals surface area (Å²) in [6.07, 6.45) is 16.1. The molecule has 8 nitrogen and oxygen atoms in total. The van der Waals surface area contributed by atoms with Crippen molar-refractivity contribution in [1.82, 2.24) is 15.5 Å². The second-order valence-corrected chi connectivity index (χ2v) is 10.5. The molecule has 7 N–H and O–H groups in total. The largest absolute Gasteiger partial charge is 0.397 e. The predicted octanol–water partition coefficient (Wildman–Crippen LogP) is 7.31. The number of terminal acetylenes is 2. The third-order valence-electron chi connectivity index (χ3n) is 7.26. The SMILES string of the molecule is C#C.C#CC(N)CN=C(C)N(C)/C(=C\C(=C)C(=C)NCc1ccc(C=O)cc1)C(=C)NCc1ccc(F)c(NC2=C(N)C(=C)C2=C)c1.CC.CC. The van der Waals surface area contributed by atoms with Crippen molar-refractivity contribution in [3.05, 3.63) is 149 Å². The van der Waals surface area contributed by atoms with Gasteiger partial charge in [0.25, 0.3) is 0 Å². The summed E-state index contributed by atoms with van der Waals surface area (Å²) in [5, 5.41) is 9.61. The fraction of sp³-hybridized carbons (Fsp3) is 0.238. The van der Waals surface area contributed by atoms with E-state index in [-0.39, 0.29) is 12.2 Å². The Morgan fingerprint density at radius 1 is 0.980 bits per heavy atom. The Morgan fingerprint density at radius 2 is 1.53 bits per heavy atom. The van der Waals surface area contributed by atoms with E-state index in [1.54, 1.807) is 24.3 Å². The minimum atomic E-state index is -0.510. The monoisotopic (exact) mass is 691 g/mol. The first kappa shape index (κ1) is 45.0. The van der Waals surface area contributed by atoms with Crippen LogP contribution in [0.5, 0.6) is 0 Å². The molecule has 0 saturated carbocycles. The molecule has 0 amide bonds. The van der Waals surface area contributed by atoms with Gasteiger partial charge in [0.05, 0.1) is 41.1 Å². The number of likely N-dealkylation sites (N-methyl/N-ethyl adjacent to an activating group) is 1. The third kappa shape index (κ3) is 13.4. The zero-order chi connectivity index (χ0) is 39.3. The highest BCUT2D eigenvalue weighted by molar-refractivity contribution is 5.82. The topological polar surface area (TPSA) is 121 Å². The van der Waals surface area contributed by atoms with Gasteiger partial charge in [0.1, 0.15) is 17.9 Å². The van der Waals surface area contributed by atoms with Crippen molar-refractivity contribution in [3.8, 4) is 25.2 Å². The number of aldehydes is 1. The second kappa shape index (κ2) is 23.3. The van der Waals surface area contributed by atoms with Crippen molar-refractivity contribution in [1.29, 1.82) is 0 Å². The molecular formula is C42H54FN7O. The minimum absolute atomic E-state index is 0.254. The number of hydrogen-bond acceptors (Lipinski definition) is 7. The fourth-order valence-corrected chi connectivity index (χ4v) is 4.16. The number of nitrogens with zero attached hydrogens (tertiary/aromatic N) is 2. The Kier molecular flexibility index (Phi) is 20.6. The Morgan fingerprint density at radius 3 is 2.08 bits per heavy atom. The lowest BCUT2D eigenvalue weighted by atomic mass is 9.90. The fourth-order valence-electron chi connectivity index (χ4n) is 4.16. The van der Waals surface area contributed by atoms with Crippen LogP contribution < -0.4 is 27.4 Å². The van der Waals surface area contributed by atoms with Crippen LogP contribution in [0.15, 0.2) is 132 Å². The van der Waals surface area contributed by atoms with E-state index in [0.717, 1.165) is 17.4 Å². The molecule has 1 aliphatic rings. The molecule has 9 heteroatoms. The number of nitrogens with two attached hydrogens (primary N) is 2. The average Bonchev–Trinajstić information content (AvgIpc) is 3.18. The van der Waals surface area contributed by atoms with Crippen molar-refractivity contribution in [2.24, 2.45) is 16.5 Å². The molecule has 2 aromatic rings. The van der Waals surface area contributed by atoms with Crippen LogP contribution >= 0.6 is 0 Å². The van der Waals surface area contributed by atoms with Gasteiger partial charge in [0, 0.05) is 42.5 Å². The quantitative estimate of drug-likeness (QED) is 0.0437. The maximum absolute atomic E-state index is 14.6. The van der Waals surface area contributed by atoms with Gasteiger partial charge in [-0.05, 0) is 41.8 Å². The molecule has 0 heterocycles. The van der Waals surface area contributed by atoms with Crippen molar-refractivity contribution in [2.45, 2.75) is 53.8 Å². The van der Waals surface area contributed by atoms with Gasteiger partial charge in [-0.25, -0.2) is 4.39 Å². The summed E-state index contributed by atoms with van der Waals surface area (Å²) < 4.78 is 14.6. The van der Waals surface area contributed by atoms with E-state index in [0.29, 0.717) is 69.7 Å². The van der Waals surface area contributed by atoms with Crippen LogP contribution in [-0.2, 0) is 13.1 Å². The van der Waals surface area contributed by atoms with E-state index in [4.69, 9.17) is 17.9 Å². The molecule has 1 atom stereocenters. The molecule has 1 aliphatic carbocycles. The number of nitrogens with one attached hydrogen (secondary N) is 3. The molecular weight excluding hydrogens is 638 g/mol. The van der Waals surface area contributed by atoms with Crippen molar-refractivity contribution >= 4 is 17.8 Å². The highest BCUT2D eigenvalue weighted by atomic mass is 19.1. The zero-order valence-corrected chi connectivity index (χ0v) is 31.0. The van der Waals surface area contributed by atoms with Crippen LogP contribution in [0.1, 0.15) is 56.1 Å². The van der Waals surface area contributed by atoms with Crippen molar-refractivity contribution in [3.63, 3.8) is 0 Å². The van der Waals surface area contributed by atoms with E-state index >= 15 is 0 Å². The van der Waals surface area contributed by atoms with Crippen molar-refractivity contribution < 1.29 is 9.18 Å². The first-order valence-corrected chi connectivity index (χ1v) is 16.4. The molecule has 3 rings (SSSR count). The minimum Gasteiger partial charge on any atom is -0.397 e. The Bertz CT molecular complexity index is 1720.